The Labute approximate surface area is 172 Å². The minimum Gasteiger partial charge on any atom is -0.381 e. The number of aromatic nitrogens is 1. The van der Waals surface area contributed by atoms with E-state index in [1.807, 2.05) is 25.1 Å². The molecule has 1 aliphatic heterocycles. The quantitative estimate of drug-likeness (QED) is 0.542. The molecule has 0 unspecified atom stereocenters. The Morgan fingerprint density at radius 1 is 1.21 bits per heavy atom. The van der Waals surface area contributed by atoms with Crippen molar-refractivity contribution in [3.63, 3.8) is 0 Å². The lowest BCUT2D eigenvalue weighted by molar-refractivity contribution is -0.140. The van der Waals surface area contributed by atoms with Crippen molar-refractivity contribution in [2.45, 2.75) is 37.9 Å². The van der Waals surface area contributed by atoms with Crippen molar-refractivity contribution in [2.75, 3.05) is 26.3 Å². The maximum absolute atomic E-state index is 12.7. The topological polar surface area (TPSA) is 58.5 Å². The predicted molar refractivity (Wildman–Crippen MR) is 108 cm³/mol. The van der Waals surface area contributed by atoms with Crippen LogP contribution in [0.3, 0.4) is 0 Å². The third-order valence-electron chi connectivity index (χ3n) is 4.99. The van der Waals surface area contributed by atoms with Crippen LogP contribution in [-0.2, 0) is 22.9 Å². The highest BCUT2D eigenvalue weighted by Crippen LogP contribution is 2.34. The molecule has 1 aromatic carbocycles. The average molecular weight is 427 g/mol. The molecule has 0 atom stereocenters. The summed E-state index contributed by atoms with van der Waals surface area (Å²) in [6.45, 7) is 4.76. The van der Waals surface area contributed by atoms with Gasteiger partial charge in [-0.1, -0.05) is 30.3 Å². The van der Waals surface area contributed by atoms with Gasteiger partial charge in [0, 0.05) is 37.1 Å². The minimum absolute atomic E-state index is 0.0691. The zero-order chi connectivity index (χ0) is 20.7. The van der Waals surface area contributed by atoms with E-state index >= 15 is 0 Å². The fourth-order valence-corrected chi connectivity index (χ4v) is 4.10. The van der Waals surface area contributed by atoms with Crippen LogP contribution in [-0.4, -0.2) is 37.2 Å². The van der Waals surface area contributed by atoms with Crippen molar-refractivity contribution >= 4 is 17.3 Å². The summed E-state index contributed by atoms with van der Waals surface area (Å²) < 4.78 is 43.7. The van der Waals surface area contributed by atoms with Gasteiger partial charge < -0.3 is 15.4 Å². The Kier molecular flexibility index (Phi) is 7.13. The number of thiazole rings is 1. The van der Waals surface area contributed by atoms with Gasteiger partial charge in [0.1, 0.15) is 5.01 Å². The summed E-state index contributed by atoms with van der Waals surface area (Å²) in [5, 5.41) is 7.89. The van der Waals surface area contributed by atoms with E-state index < -0.39 is 11.9 Å². The largest absolute Gasteiger partial charge is 0.434 e. The van der Waals surface area contributed by atoms with Gasteiger partial charge in [-0.15, -0.1) is 11.3 Å². The minimum atomic E-state index is -4.42. The number of aliphatic imine (C=N–C) groups is 1. The number of hydrogen-bond donors (Lipinski definition) is 2. The number of nitrogens with zero attached hydrogens (tertiary/aromatic N) is 2. The van der Waals surface area contributed by atoms with E-state index in [4.69, 9.17) is 4.74 Å². The first-order valence-corrected chi connectivity index (χ1v) is 10.5. The fraction of sp³-hybridized carbons (Fsp3) is 0.500. The SMILES string of the molecule is CCNC(=NCc1nc(C(F)(F)F)cs1)NCC1(c2ccccc2)CCOCC1. The molecule has 1 saturated heterocycles. The normalized spacial score (nSPS) is 17.2. The van der Waals surface area contributed by atoms with Crippen LogP contribution in [0.4, 0.5) is 13.2 Å². The van der Waals surface area contributed by atoms with Gasteiger partial charge in [-0.05, 0) is 25.3 Å². The van der Waals surface area contributed by atoms with Gasteiger partial charge in [-0.25, -0.2) is 9.98 Å². The van der Waals surface area contributed by atoms with E-state index in [1.54, 1.807) is 0 Å². The standard InChI is InChI=1S/C20H25F3N4OS/c1-2-24-18(25-12-17-27-16(13-29-17)20(21,22)23)26-14-19(8-10-28-11-9-19)15-6-4-3-5-7-15/h3-7,13H,2,8-12,14H2,1H3,(H2,24,25,26). The van der Waals surface area contributed by atoms with Crippen molar-refractivity contribution in [1.29, 1.82) is 0 Å². The first-order chi connectivity index (χ1) is 13.9. The van der Waals surface area contributed by atoms with Crippen molar-refractivity contribution in [3.8, 4) is 0 Å². The smallest absolute Gasteiger partial charge is 0.381 e. The first kappa shape index (κ1) is 21.6. The van der Waals surface area contributed by atoms with E-state index in [9.17, 15) is 13.2 Å². The molecule has 0 amide bonds. The molecule has 1 fully saturated rings. The van der Waals surface area contributed by atoms with Crippen LogP contribution in [0, 0.1) is 0 Å². The number of benzene rings is 1. The van der Waals surface area contributed by atoms with Crippen molar-refractivity contribution in [3.05, 3.63) is 52.0 Å². The Morgan fingerprint density at radius 3 is 2.55 bits per heavy atom. The van der Waals surface area contributed by atoms with Crippen LogP contribution >= 0.6 is 11.3 Å². The molecule has 158 valence electrons. The van der Waals surface area contributed by atoms with Gasteiger partial charge in [-0.3, -0.25) is 0 Å². The summed E-state index contributed by atoms with van der Waals surface area (Å²) in [7, 11) is 0. The molecule has 3 rings (SSSR count). The average Bonchev–Trinajstić information content (AvgIpc) is 3.21. The first-order valence-electron chi connectivity index (χ1n) is 9.60. The molecule has 0 aliphatic carbocycles. The summed E-state index contributed by atoms with van der Waals surface area (Å²) in [4.78, 5) is 8.07. The Balaban J connectivity index is 1.70. The van der Waals surface area contributed by atoms with Crippen LogP contribution in [0.2, 0.25) is 0 Å². The summed E-state index contributed by atoms with van der Waals surface area (Å²) >= 11 is 0.968. The van der Waals surface area contributed by atoms with E-state index in [0.717, 1.165) is 29.6 Å². The Hall–Kier alpha value is -2.13. The van der Waals surface area contributed by atoms with Crippen LogP contribution in [0.15, 0.2) is 40.7 Å². The molecule has 1 aromatic heterocycles. The van der Waals surface area contributed by atoms with Gasteiger partial charge >= 0.3 is 6.18 Å². The highest BCUT2D eigenvalue weighted by molar-refractivity contribution is 7.09. The predicted octanol–water partition coefficient (Wildman–Crippen LogP) is 3.97. The molecule has 0 spiro atoms. The maximum Gasteiger partial charge on any atom is 0.434 e. The molecule has 5 nitrogen and oxygen atoms in total. The summed E-state index contributed by atoms with van der Waals surface area (Å²) in [6.07, 6.45) is -2.64. The highest BCUT2D eigenvalue weighted by Gasteiger charge is 2.35. The van der Waals surface area contributed by atoms with E-state index in [2.05, 4.69) is 32.7 Å². The number of guanidine groups is 1. The zero-order valence-electron chi connectivity index (χ0n) is 16.3. The lowest BCUT2D eigenvalue weighted by Crippen LogP contribution is -2.48. The van der Waals surface area contributed by atoms with Gasteiger partial charge in [0.05, 0.1) is 6.54 Å². The van der Waals surface area contributed by atoms with E-state index in [-0.39, 0.29) is 12.0 Å². The molecule has 2 heterocycles. The third-order valence-corrected chi connectivity index (χ3v) is 5.82. The number of nitrogens with one attached hydrogen (secondary N) is 2. The Morgan fingerprint density at radius 2 is 1.93 bits per heavy atom. The van der Waals surface area contributed by atoms with Crippen molar-refractivity contribution < 1.29 is 17.9 Å². The van der Waals surface area contributed by atoms with Crippen LogP contribution < -0.4 is 10.6 Å². The number of ether oxygens (including phenoxy) is 1. The number of rotatable bonds is 6. The molecule has 1 aliphatic rings. The molecule has 2 N–H and O–H groups in total. The third kappa shape index (κ3) is 5.70. The second-order valence-electron chi connectivity index (χ2n) is 6.93. The number of hydrogen-bond acceptors (Lipinski definition) is 4. The lowest BCUT2D eigenvalue weighted by Gasteiger charge is -2.38. The molecule has 29 heavy (non-hydrogen) atoms. The maximum atomic E-state index is 12.7. The van der Waals surface area contributed by atoms with Gasteiger partial charge in [0.25, 0.3) is 0 Å². The van der Waals surface area contributed by atoms with E-state index in [0.29, 0.717) is 37.3 Å². The number of alkyl halides is 3. The second-order valence-corrected chi connectivity index (χ2v) is 7.87. The van der Waals surface area contributed by atoms with Gasteiger partial charge in [0.15, 0.2) is 11.7 Å². The zero-order valence-corrected chi connectivity index (χ0v) is 17.1. The lowest BCUT2D eigenvalue weighted by atomic mass is 9.74. The monoisotopic (exact) mass is 426 g/mol. The molecule has 2 aromatic rings. The van der Waals surface area contributed by atoms with Crippen molar-refractivity contribution in [1.82, 2.24) is 15.6 Å². The highest BCUT2D eigenvalue weighted by atomic mass is 32.1. The molecule has 0 radical (unpaired) electrons. The van der Waals surface area contributed by atoms with Crippen LogP contribution in [0.25, 0.3) is 0 Å². The molecular weight excluding hydrogens is 401 g/mol. The molecule has 0 bridgehead atoms. The number of halogens is 3. The summed E-state index contributed by atoms with van der Waals surface area (Å²) in [5.74, 6) is 0.568. The van der Waals surface area contributed by atoms with Crippen molar-refractivity contribution in [2.24, 2.45) is 4.99 Å². The Bertz CT molecular complexity index is 802. The van der Waals surface area contributed by atoms with Gasteiger partial charge in [0.2, 0.25) is 0 Å². The fourth-order valence-electron chi connectivity index (χ4n) is 3.38. The summed E-state index contributed by atoms with van der Waals surface area (Å²) in [5.41, 5.74) is 0.317. The molecule has 0 saturated carbocycles. The molecular formula is C20H25F3N4OS. The van der Waals surface area contributed by atoms with Crippen LogP contribution in [0.1, 0.15) is 36.0 Å². The summed E-state index contributed by atoms with van der Waals surface area (Å²) in [6, 6.07) is 10.3. The van der Waals surface area contributed by atoms with Crippen LogP contribution in [0.5, 0.6) is 0 Å². The molecule has 9 heteroatoms. The van der Waals surface area contributed by atoms with E-state index in [1.165, 1.54) is 5.56 Å². The second kappa shape index (κ2) is 9.58. The van der Waals surface area contributed by atoms with Gasteiger partial charge in [-0.2, -0.15) is 13.2 Å².